The van der Waals surface area contributed by atoms with Crippen molar-refractivity contribution in [2.45, 2.75) is 6.92 Å². The van der Waals surface area contributed by atoms with Crippen molar-refractivity contribution in [3.8, 4) is 0 Å². The van der Waals surface area contributed by atoms with Gasteiger partial charge in [0.15, 0.2) is 0 Å². The first-order valence-electron chi connectivity index (χ1n) is 0.908. The first-order chi connectivity index (χ1) is 1.73. The molecule has 0 aliphatic heterocycles. The molecular weight excluding hydrogens is 175 g/mol. The monoisotopic (exact) mass is 180 g/mol. The summed E-state index contributed by atoms with van der Waals surface area (Å²) in [5.74, 6) is 0. The Morgan fingerprint density at radius 2 is 1.80 bits per heavy atom. The van der Waals surface area contributed by atoms with Gasteiger partial charge in [0.1, 0.15) is 0 Å². The van der Waals surface area contributed by atoms with Crippen LogP contribution in [0, 0.1) is 0 Å². The summed E-state index contributed by atoms with van der Waals surface area (Å²) in [6, 6.07) is 0. The summed E-state index contributed by atoms with van der Waals surface area (Å²) < 4.78 is 0.177. The van der Waals surface area contributed by atoms with Crippen LogP contribution in [-0.2, 0) is 0 Å². The van der Waals surface area contributed by atoms with Gasteiger partial charge in [-0.25, -0.2) is 0 Å². The smallest absolute Gasteiger partial charge is 1.00 e. The molecule has 0 aliphatic rings. The SMILES string of the molecule is CC([O-])=[Te].[Li+]. The van der Waals surface area contributed by atoms with Gasteiger partial charge in [-0.05, 0) is 0 Å². The van der Waals surface area contributed by atoms with Gasteiger partial charge in [-0.2, -0.15) is 0 Å². The molecule has 24 valence electrons. The molecule has 0 rings (SSSR count). The Labute approximate surface area is 56.3 Å². The maximum atomic E-state index is 9.45. The zero-order valence-corrected chi connectivity index (χ0v) is 5.65. The predicted molar refractivity (Wildman–Crippen MR) is 16.4 cm³/mol. The van der Waals surface area contributed by atoms with Crippen molar-refractivity contribution in [3.05, 3.63) is 0 Å². The second-order valence-electron chi connectivity index (χ2n) is 0.492. The molecule has 0 bridgehead atoms. The molecular formula is C2H3LiOTe. The molecule has 0 aromatic heterocycles. The first-order valence-corrected chi connectivity index (χ1v) is 2.07. The van der Waals surface area contributed by atoms with Crippen LogP contribution in [0.5, 0.6) is 0 Å². The molecule has 0 N–H and O–H groups in total. The standard InChI is InChI=1S/C2H4OTe.Li/c1-2(3)4;/h1H3,(H,3,4);/q;+1/p-1. The van der Waals surface area contributed by atoms with Gasteiger partial charge in [-0.3, -0.25) is 0 Å². The average Bonchev–Trinajstić information content (AvgIpc) is 0.811. The van der Waals surface area contributed by atoms with Gasteiger partial charge in [-0.15, -0.1) is 0 Å². The average molecular weight is 178 g/mol. The van der Waals surface area contributed by atoms with E-state index in [1.165, 1.54) is 28.7 Å². The van der Waals surface area contributed by atoms with Crippen LogP contribution in [-0.4, -0.2) is 25.6 Å². The van der Waals surface area contributed by atoms with Crippen molar-refractivity contribution in [2.24, 2.45) is 0 Å². The van der Waals surface area contributed by atoms with Crippen LogP contribution in [0.1, 0.15) is 6.92 Å². The van der Waals surface area contributed by atoms with E-state index in [9.17, 15) is 5.11 Å². The molecule has 0 fully saturated rings. The quantitative estimate of drug-likeness (QED) is 0.343. The molecule has 0 aromatic rings. The van der Waals surface area contributed by atoms with Crippen LogP contribution in [0.25, 0.3) is 0 Å². The normalized spacial score (nSPS) is 5.00. The summed E-state index contributed by atoms with van der Waals surface area (Å²) in [5, 5.41) is 9.45. The minimum atomic E-state index is 0. The maximum absolute atomic E-state index is 9.45. The molecule has 3 heteroatoms. The van der Waals surface area contributed by atoms with Crippen molar-refractivity contribution < 1.29 is 24.0 Å². The van der Waals surface area contributed by atoms with E-state index < -0.39 is 0 Å². The molecule has 0 atom stereocenters. The van der Waals surface area contributed by atoms with Gasteiger partial charge in [-0.1, -0.05) is 0 Å². The molecule has 1 nitrogen and oxygen atoms in total. The molecule has 0 unspecified atom stereocenters. The van der Waals surface area contributed by atoms with Crippen LogP contribution in [0.4, 0.5) is 0 Å². The van der Waals surface area contributed by atoms with Gasteiger partial charge < -0.3 is 0 Å². The van der Waals surface area contributed by atoms with Crippen LogP contribution in [0.3, 0.4) is 0 Å². The van der Waals surface area contributed by atoms with E-state index in [2.05, 4.69) is 0 Å². The van der Waals surface area contributed by atoms with Crippen molar-refractivity contribution in [1.29, 1.82) is 0 Å². The van der Waals surface area contributed by atoms with E-state index in [1.807, 2.05) is 0 Å². The minimum Gasteiger partial charge on any atom is 1.00 e. The Bertz CT molecular complexity index is 32.6. The van der Waals surface area contributed by atoms with Crippen LogP contribution in [0.2, 0.25) is 0 Å². The fourth-order valence-electron chi connectivity index (χ4n) is 0. The maximum Gasteiger partial charge on any atom is 1.00 e. The van der Waals surface area contributed by atoms with Crippen LogP contribution >= 0.6 is 0 Å². The summed E-state index contributed by atoms with van der Waals surface area (Å²) in [5.41, 5.74) is 0. The zero-order valence-electron chi connectivity index (χ0n) is 3.32. The zero-order chi connectivity index (χ0) is 3.58. The molecule has 5 heavy (non-hydrogen) atoms. The largest absolute Gasteiger partial charge is 1.00 e. The van der Waals surface area contributed by atoms with E-state index >= 15 is 0 Å². The van der Waals surface area contributed by atoms with Gasteiger partial charge >= 0.3 is 56.4 Å². The second-order valence-corrected chi connectivity index (χ2v) is 2.13. The van der Waals surface area contributed by atoms with Gasteiger partial charge in [0.05, 0.1) is 0 Å². The Hall–Kier alpha value is 1.06. The second kappa shape index (κ2) is 5.06. The van der Waals surface area contributed by atoms with Crippen LogP contribution < -0.4 is 24.0 Å². The number of hydrogen-bond acceptors (Lipinski definition) is 1. The Morgan fingerprint density at radius 1 is 1.80 bits per heavy atom. The van der Waals surface area contributed by atoms with Gasteiger partial charge in [0.2, 0.25) is 0 Å². The molecule has 0 aliphatic carbocycles. The van der Waals surface area contributed by atoms with Crippen LogP contribution in [0.15, 0.2) is 0 Å². The number of hydrogen-bond donors (Lipinski definition) is 0. The summed E-state index contributed by atoms with van der Waals surface area (Å²) in [7, 11) is 0. The summed E-state index contributed by atoms with van der Waals surface area (Å²) in [6.45, 7) is 1.53. The Balaban J connectivity index is 0. The van der Waals surface area contributed by atoms with Gasteiger partial charge in [0, 0.05) is 0 Å². The van der Waals surface area contributed by atoms with Crippen molar-refractivity contribution in [3.63, 3.8) is 0 Å². The Kier molecular flexibility index (Phi) is 9.52. The molecule has 0 aromatic carbocycles. The fraction of sp³-hybridized carbons (Fsp3) is 0.500. The van der Waals surface area contributed by atoms with E-state index in [0.717, 1.165) is 0 Å². The van der Waals surface area contributed by atoms with Crippen molar-refractivity contribution in [2.75, 3.05) is 0 Å². The molecule has 0 saturated heterocycles. The predicted octanol–water partition coefficient (Wildman–Crippen LogP) is -4.33. The minimum absolute atomic E-state index is 0. The first kappa shape index (κ1) is 9.41. The van der Waals surface area contributed by atoms with E-state index in [0.29, 0.717) is 0 Å². The summed E-state index contributed by atoms with van der Waals surface area (Å²) >= 11 is 1.47. The molecule has 0 heterocycles. The van der Waals surface area contributed by atoms with E-state index in [1.54, 1.807) is 0 Å². The summed E-state index contributed by atoms with van der Waals surface area (Å²) in [4.78, 5) is 0. The summed E-state index contributed by atoms with van der Waals surface area (Å²) in [6.07, 6.45) is 0. The number of rotatable bonds is 0. The molecule has 0 amide bonds. The third-order valence-corrected chi connectivity index (χ3v) is 0. The third kappa shape index (κ3) is 42.3. The topological polar surface area (TPSA) is 23.1 Å². The van der Waals surface area contributed by atoms with E-state index in [4.69, 9.17) is 0 Å². The molecule has 0 saturated carbocycles. The van der Waals surface area contributed by atoms with E-state index in [-0.39, 0.29) is 22.6 Å². The molecule has 0 radical (unpaired) electrons. The van der Waals surface area contributed by atoms with Gasteiger partial charge in [0.25, 0.3) is 0 Å². The van der Waals surface area contributed by atoms with Crippen molar-refractivity contribution >= 4 is 25.6 Å². The fourth-order valence-corrected chi connectivity index (χ4v) is 0. The third-order valence-electron chi connectivity index (χ3n) is 0. The Morgan fingerprint density at radius 3 is 1.80 bits per heavy atom. The molecule has 0 spiro atoms. The van der Waals surface area contributed by atoms with Crippen molar-refractivity contribution in [1.82, 2.24) is 0 Å².